The first-order valence-electron chi connectivity index (χ1n) is 8.33. The minimum Gasteiger partial charge on any atom is -0.482 e. The highest BCUT2D eigenvalue weighted by Gasteiger charge is 2.15. The van der Waals surface area contributed by atoms with Crippen LogP contribution in [0, 0.1) is 0 Å². The molecule has 0 saturated carbocycles. The Labute approximate surface area is 161 Å². The number of hydrogen-bond acceptors (Lipinski definition) is 5. The third kappa shape index (κ3) is 5.24. The second-order valence-electron chi connectivity index (χ2n) is 5.88. The maximum Gasteiger partial charge on any atom is 0.344 e. The van der Waals surface area contributed by atoms with Crippen molar-refractivity contribution in [3.8, 4) is 5.75 Å². The molecule has 6 nitrogen and oxygen atoms in total. The number of hydrogen-bond donors (Lipinski definition) is 1. The Hall–Kier alpha value is -2.99. The number of carbonyl (C=O) groups excluding carboxylic acids is 2. The topological polar surface area (TPSA) is 77.8 Å². The number of ether oxygens (including phenoxy) is 2. The minimum absolute atomic E-state index is 0.313. The van der Waals surface area contributed by atoms with Crippen LogP contribution in [0.15, 0.2) is 59.0 Å². The van der Waals surface area contributed by atoms with Crippen LogP contribution in [-0.4, -0.2) is 25.1 Å². The quantitative estimate of drug-likeness (QED) is 0.622. The Morgan fingerprint density at radius 1 is 1.11 bits per heavy atom. The largest absolute Gasteiger partial charge is 0.482 e. The zero-order valence-corrected chi connectivity index (χ0v) is 15.4. The van der Waals surface area contributed by atoms with E-state index in [9.17, 15) is 9.59 Å². The van der Waals surface area contributed by atoms with Gasteiger partial charge in [0.1, 0.15) is 17.1 Å². The zero-order valence-electron chi connectivity index (χ0n) is 14.6. The van der Waals surface area contributed by atoms with Crippen molar-refractivity contribution in [2.75, 3.05) is 13.2 Å². The Kier molecular flexibility index (Phi) is 5.98. The molecule has 0 saturated heterocycles. The van der Waals surface area contributed by atoms with Crippen LogP contribution in [0.4, 0.5) is 0 Å². The average molecular weight is 388 g/mol. The van der Waals surface area contributed by atoms with E-state index < -0.39 is 18.5 Å². The van der Waals surface area contributed by atoms with Gasteiger partial charge in [-0.05, 0) is 37.3 Å². The molecule has 3 rings (SSSR count). The van der Waals surface area contributed by atoms with E-state index in [1.165, 1.54) is 0 Å². The molecule has 0 unspecified atom stereocenters. The summed E-state index contributed by atoms with van der Waals surface area (Å²) in [6.45, 7) is 1.08. The van der Waals surface area contributed by atoms with Gasteiger partial charge in [-0.15, -0.1) is 0 Å². The van der Waals surface area contributed by atoms with E-state index >= 15 is 0 Å². The summed E-state index contributed by atoms with van der Waals surface area (Å²) in [5.41, 5.74) is 0.748. The van der Waals surface area contributed by atoms with Gasteiger partial charge in [-0.3, -0.25) is 4.79 Å². The molecule has 1 aromatic heterocycles. The fourth-order valence-electron chi connectivity index (χ4n) is 2.46. The van der Waals surface area contributed by atoms with E-state index in [-0.39, 0.29) is 12.6 Å². The predicted molar refractivity (Wildman–Crippen MR) is 101 cm³/mol. The molecule has 0 spiro atoms. The van der Waals surface area contributed by atoms with Crippen LogP contribution in [0.1, 0.15) is 18.7 Å². The maximum atomic E-state index is 12.0. The molecule has 1 atom stereocenters. The molecule has 27 heavy (non-hydrogen) atoms. The molecule has 1 amide bonds. The summed E-state index contributed by atoms with van der Waals surface area (Å²) in [4.78, 5) is 23.7. The summed E-state index contributed by atoms with van der Waals surface area (Å²) in [7, 11) is 0. The normalized spacial score (nSPS) is 11.8. The fourth-order valence-corrected chi connectivity index (χ4v) is 2.64. The predicted octanol–water partition coefficient (Wildman–Crippen LogP) is 3.89. The van der Waals surface area contributed by atoms with Crippen LogP contribution < -0.4 is 10.1 Å². The Bertz CT molecular complexity index is 919. The third-order valence-electron chi connectivity index (χ3n) is 3.77. The molecule has 3 aromatic rings. The number of rotatable bonds is 7. The van der Waals surface area contributed by atoms with Gasteiger partial charge in [0.05, 0.1) is 6.04 Å². The van der Waals surface area contributed by atoms with Gasteiger partial charge in [-0.2, -0.15) is 0 Å². The SMILES string of the molecule is C[C@@H](NC(=O)COC(=O)COc1cccc(Cl)c1)c1cc2ccccc2o1. The molecule has 140 valence electrons. The molecule has 1 heterocycles. The van der Waals surface area contributed by atoms with Crippen molar-refractivity contribution in [3.05, 3.63) is 65.4 Å². The number of halogens is 1. The lowest BCUT2D eigenvalue weighted by Crippen LogP contribution is -2.31. The van der Waals surface area contributed by atoms with Crippen molar-refractivity contribution in [2.24, 2.45) is 0 Å². The second-order valence-corrected chi connectivity index (χ2v) is 6.32. The first-order valence-corrected chi connectivity index (χ1v) is 8.71. The van der Waals surface area contributed by atoms with Gasteiger partial charge in [-0.1, -0.05) is 35.9 Å². The van der Waals surface area contributed by atoms with Crippen LogP contribution in [0.3, 0.4) is 0 Å². The molecule has 0 fully saturated rings. The number of fused-ring (bicyclic) bond motifs is 1. The Morgan fingerprint density at radius 2 is 1.93 bits per heavy atom. The molecule has 0 aliphatic carbocycles. The van der Waals surface area contributed by atoms with Gasteiger partial charge in [0.25, 0.3) is 5.91 Å². The van der Waals surface area contributed by atoms with Crippen molar-refractivity contribution in [2.45, 2.75) is 13.0 Å². The van der Waals surface area contributed by atoms with Crippen molar-refractivity contribution in [3.63, 3.8) is 0 Å². The van der Waals surface area contributed by atoms with Gasteiger partial charge in [0.15, 0.2) is 13.2 Å². The molecule has 0 radical (unpaired) electrons. The lowest BCUT2D eigenvalue weighted by Gasteiger charge is -2.12. The summed E-state index contributed by atoms with van der Waals surface area (Å²) < 4.78 is 15.9. The summed E-state index contributed by atoms with van der Waals surface area (Å²) in [6.07, 6.45) is 0. The van der Waals surface area contributed by atoms with Crippen LogP contribution in [0.5, 0.6) is 5.75 Å². The molecule has 0 aliphatic heterocycles. The number of furan rings is 1. The van der Waals surface area contributed by atoms with Crippen LogP contribution >= 0.6 is 11.6 Å². The van der Waals surface area contributed by atoms with E-state index in [2.05, 4.69) is 5.32 Å². The van der Waals surface area contributed by atoms with Crippen molar-refractivity contribution < 1.29 is 23.5 Å². The Morgan fingerprint density at radius 3 is 2.70 bits per heavy atom. The summed E-state index contributed by atoms with van der Waals surface area (Å²) >= 11 is 5.83. The maximum absolute atomic E-state index is 12.0. The lowest BCUT2D eigenvalue weighted by molar-refractivity contribution is -0.150. The molecule has 0 aliphatic rings. The fraction of sp³-hybridized carbons (Fsp3) is 0.200. The van der Waals surface area contributed by atoms with E-state index in [0.717, 1.165) is 11.0 Å². The van der Waals surface area contributed by atoms with E-state index in [4.69, 9.17) is 25.5 Å². The number of amides is 1. The van der Waals surface area contributed by atoms with Gasteiger partial charge in [0, 0.05) is 10.4 Å². The first kappa shape index (κ1) is 18.8. The smallest absolute Gasteiger partial charge is 0.344 e. The summed E-state index contributed by atoms with van der Waals surface area (Å²) in [5, 5.41) is 4.18. The van der Waals surface area contributed by atoms with E-state index in [0.29, 0.717) is 16.5 Å². The monoisotopic (exact) mass is 387 g/mol. The molecule has 2 aromatic carbocycles. The number of para-hydroxylation sites is 1. The van der Waals surface area contributed by atoms with Crippen LogP contribution in [0.25, 0.3) is 11.0 Å². The zero-order chi connectivity index (χ0) is 19.2. The number of esters is 1. The van der Waals surface area contributed by atoms with Crippen LogP contribution in [-0.2, 0) is 14.3 Å². The molecule has 1 N–H and O–H groups in total. The molecular formula is C20H18ClNO5. The van der Waals surface area contributed by atoms with Crippen molar-refractivity contribution in [1.82, 2.24) is 5.32 Å². The molecular weight excluding hydrogens is 370 g/mol. The third-order valence-corrected chi connectivity index (χ3v) is 4.00. The lowest BCUT2D eigenvalue weighted by atomic mass is 10.2. The second kappa shape index (κ2) is 8.60. The highest BCUT2D eigenvalue weighted by molar-refractivity contribution is 6.30. The van der Waals surface area contributed by atoms with Gasteiger partial charge in [-0.25, -0.2) is 4.79 Å². The molecule has 7 heteroatoms. The number of nitrogens with one attached hydrogen (secondary N) is 1. The van der Waals surface area contributed by atoms with E-state index in [1.807, 2.05) is 30.3 Å². The Balaban J connectivity index is 1.43. The van der Waals surface area contributed by atoms with Crippen molar-refractivity contribution >= 4 is 34.4 Å². The highest BCUT2D eigenvalue weighted by atomic mass is 35.5. The first-order chi connectivity index (χ1) is 13.0. The highest BCUT2D eigenvalue weighted by Crippen LogP contribution is 2.23. The van der Waals surface area contributed by atoms with Crippen molar-refractivity contribution in [1.29, 1.82) is 0 Å². The van der Waals surface area contributed by atoms with Gasteiger partial charge < -0.3 is 19.2 Å². The van der Waals surface area contributed by atoms with Gasteiger partial charge >= 0.3 is 5.97 Å². The number of carbonyl (C=O) groups is 2. The average Bonchev–Trinajstić information content (AvgIpc) is 3.09. The summed E-state index contributed by atoms with van der Waals surface area (Å²) in [5.74, 6) is -0.0110. The minimum atomic E-state index is -0.651. The van der Waals surface area contributed by atoms with E-state index in [1.54, 1.807) is 31.2 Å². The number of benzene rings is 2. The molecule has 0 bridgehead atoms. The summed E-state index contributed by atoms with van der Waals surface area (Å²) in [6, 6.07) is 15.7. The standard InChI is InChI=1S/C20H18ClNO5/c1-13(18-9-14-5-2-3-8-17(14)27-18)22-19(23)11-26-20(24)12-25-16-7-4-6-15(21)10-16/h2-10,13H,11-12H2,1H3,(H,22,23)/t13-/m1/s1. The van der Waals surface area contributed by atoms with Gasteiger partial charge in [0.2, 0.25) is 0 Å². The van der Waals surface area contributed by atoms with Crippen LogP contribution in [0.2, 0.25) is 5.02 Å².